The lowest BCUT2D eigenvalue weighted by Crippen LogP contribution is -2.56. The zero-order chi connectivity index (χ0) is 21.2. The third kappa shape index (κ3) is 3.86. The number of nitrogens with two attached hydrogens (primary N) is 1. The molecule has 10 nitrogen and oxygen atoms in total. The van der Waals surface area contributed by atoms with E-state index in [1.807, 2.05) is 5.32 Å². The number of ether oxygens (including phenoxy) is 1. The van der Waals surface area contributed by atoms with Gasteiger partial charge in [0.15, 0.2) is 12.5 Å². The molecule has 0 aromatic heterocycles. The molecule has 0 aliphatic carbocycles. The number of amides is 3. The van der Waals surface area contributed by atoms with E-state index in [2.05, 4.69) is 0 Å². The van der Waals surface area contributed by atoms with Gasteiger partial charge in [0.25, 0.3) is 0 Å². The van der Waals surface area contributed by atoms with Crippen molar-refractivity contribution < 1.29 is 37.8 Å². The lowest BCUT2D eigenvalue weighted by Gasteiger charge is -2.30. The van der Waals surface area contributed by atoms with E-state index in [-0.39, 0.29) is 12.0 Å². The molecule has 3 atom stereocenters. The summed E-state index contributed by atoms with van der Waals surface area (Å²) in [5, 5.41) is 11.4. The first-order chi connectivity index (χ1) is 13.1. The quantitative estimate of drug-likeness (QED) is 0.259. The molecule has 0 bridgehead atoms. The minimum atomic E-state index is -1.61. The summed E-state index contributed by atoms with van der Waals surface area (Å²) in [7, 11) is 1.20. The number of methoxy groups -OCH3 is 1. The molecule has 2 rings (SSSR count). The van der Waals surface area contributed by atoms with E-state index in [1.54, 1.807) is 0 Å². The van der Waals surface area contributed by atoms with E-state index in [0.717, 1.165) is 24.0 Å². The Labute approximate surface area is 157 Å². The standard InChI is InChI=1S/C16H18F2N4O6/c1-7(24)22(19)12(6-23)21-5-9(14(15(21)25)20-16(26)27)13-10(17)3-8(28-2)4-11(13)18/h3-4,6,9,12,14,20H,5,19H2,1-2H3,(H,26,27). The van der Waals surface area contributed by atoms with Crippen molar-refractivity contribution >= 4 is 24.2 Å². The molecule has 152 valence electrons. The van der Waals surface area contributed by atoms with Gasteiger partial charge in [0.2, 0.25) is 11.8 Å². The van der Waals surface area contributed by atoms with Gasteiger partial charge in [0, 0.05) is 37.1 Å². The number of carbonyl (C=O) groups is 4. The smallest absolute Gasteiger partial charge is 0.405 e. The highest BCUT2D eigenvalue weighted by molar-refractivity contribution is 5.91. The average molecular weight is 400 g/mol. The summed E-state index contributed by atoms with van der Waals surface area (Å²) in [6, 6.07) is 0.161. The van der Waals surface area contributed by atoms with Crippen molar-refractivity contribution in [3.63, 3.8) is 0 Å². The highest BCUT2D eigenvalue weighted by Crippen LogP contribution is 2.35. The van der Waals surface area contributed by atoms with Crippen LogP contribution in [0.5, 0.6) is 5.75 Å². The predicted molar refractivity (Wildman–Crippen MR) is 88.9 cm³/mol. The number of likely N-dealkylation sites (tertiary alicyclic amines) is 1. The minimum absolute atomic E-state index is 0.113. The number of rotatable bonds is 6. The number of nitrogens with zero attached hydrogens (tertiary/aromatic N) is 2. The molecule has 1 aromatic rings. The molecule has 1 aliphatic rings. The second kappa shape index (κ2) is 8.17. The number of benzene rings is 1. The molecule has 3 amide bonds. The molecule has 12 heteroatoms. The van der Waals surface area contributed by atoms with Crippen molar-refractivity contribution in [3.8, 4) is 5.75 Å². The fraction of sp³-hybridized carbons (Fsp3) is 0.375. The molecule has 1 saturated heterocycles. The number of aldehydes is 1. The largest absolute Gasteiger partial charge is 0.497 e. The SMILES string of the molecule is COc1cc(F)c(C2CN(C(C=O)N(N)C(C)=O)C(=O)C2NC(=O)O)c(F)c1. The van der Waals surface area contributed by atoms with Gasteiger partial charge in [-0.25, -0.2) is 19.4 Å². The Bertz CT molecular complexity index is 797. The summed E-state index contributed by atoms with van der Waals surface area (Å²) in [4.78, 5) is 47.4. The number of carbonyl (C=O) groups excluding carboxylic acids is 3. The van der Waals surface area contributed by atoms with Gasteiger partial charge >= 0.3 is 6.09 Å². The van der Waals surface area contributed by atoms with Crippen LogP contribution in [0.25, 0.3) is 0 Å². The van der Waals surface area contributed by atoms with Crippen LogP contribution in [0.3, 0.4) is 0 Å². The summed E-state index contributed by atoms with van der Waals surface area (Å²) >= 11 is 0. The topological polar surface area (TPSA) is 142 Å². The summed E-state index contributed by atoms with van der Waals surface area (Å²) in [6.07, 6.45) is -2.99. The number of hydrogen-bond donors (Lipinski definition) is 3. The van der Waals surface area contributed by atoms with E-state index < -0.39 is 59.8 Å². The number of carboxylic acid groups (broad SMARTS) is 1. The van der Waals surface area contributed by atoms with Crippen molar-refractivity contribution in [1.29, 1.82) is 0 Å². The Morgan fingerprint density at radius 2 is 2.00 bits per heavy atom. The van der Waals surface area contributed by atoms with Gasteiger partial charge in [0.1, 0.15) is 23.4 Å². The second-order valence-electron chi connectivity index (χ2n) is 6.00. The van der Waals surface area contributed by atoms with Crippen LogP contribution < -0.4 is 15.9 Å². The zero-order valence-corrected chi connectivity index (χ0v) is 14.9. The maximum Gasteiger partial charge on any atom is 0.405 e. The molecule has 4 N–H and O–H groups in total. The normalized spacial score (nSPS) is 19.9. The number of hydrazine groups is 1. The average Bonchev–Trinajstić information content (AvgIpc) is 2.91. The van der Waals surface area contributed by atoms with Gasteiger partial charge in [-0.3, -0.25) is 19.4 Å². The van der Waals surface area contributed by atoms with Crippen LogP contribution in [0.2, 0.25) is 0 Å². The Morgan fingerprint density at radius 1 is 1.43 bits per heavy atom. The van der Waals surface area contributed by atoms with Crippen molar-refractivity contribution in [2.45, 2.75) is 25.0 Å². The molecule has 28 heavy (non-hydrogen) atoms. The number of halogens is 2. The zero-order valence-electron chi connectivity index (χ0n) is 14.9. The summed E-state index contributed by atoms with van der Waals surface area (Å²) < 4.78 is 33.8. The molecule has 0 radical (unpaired) electrons. The van der Waals surface area contributed by atoms with Gasteiger partial charge < -0.3 is 20.1 Å². The highest BCUT2D eigenvalue weighted by Gasteiger charge is 2.48. The maximum atomic E-state index is 14.5. The van der Waals surface area contributed by atoms with Crippen LogP contribution in [0.15, 0.2) is 12.1 Å². The van der Waals surface area contributed by atoms with Crippen molar-refractivity contribution in [2.75, 3.05) is 13.7 Å². The molecule has 0 saturated carbocycles. The molecule has 1 fully saturated rings. The first-order valence-corrected chi connectivity index (χ1v) is 7.95. The van der Waals surface area contributed by atoms with Crippen LogP contribution in [0.1, 0.15) is 18.4 Å². The van der Waals surface area contributed by atoms with E-state index in [9.17, 15) is 28.0 Å². The predicted octanol–water partition coefficient (Wildman–Crippen LogP) is -0.217. The summed E-state index contributed by atoms with van der Waals surface area (Å²) in [5.41, 5.74) is -0.563. The van der Waals surface area contributed by atoms with Gasteiger partial charge in [0.05, 0.1) is 7.11 Å². The van der Waals surface area contributed by atoms with Crippen LogP contribution in [0, 0.1) is 11.6 Å². The van der Waals surface area contributed by atoms with Crippen LogP contribution in [-0.4, -0.2) is 65.1 Å². The first kappa shape index (κ1) is 21.0. The maximum absolute atomic E-state index is 14.5. The molecule has 3 unspecified atom stereocenters. The summed E-state index contributed by atoms with van der Waals surface area (Å²) in [5.74, 6) is 0.225. The lowest BCUT2D eigenvalue weighted by atomic mass is 9.93. The van der Waals surface area contributed by atoms with Crippen molar-refractivity contribution in [3.05, 3.63) is 29.3 Å². The van der Waals surface area contributed by atoms with Gasteiger partial charge in [-0.2, -0.15) is 0 Å². The molecular formula is C16H18F2N4O6. The second-order valence-corrected chi connectivity index (χ2v) is 6.00. The Balaban J connectivity index is 2.51. The molecular weight excluding hydrogens is 382 g/mol. The van der Waals surface area contributed by atoms with Crippen molar-refractivity contribution in [2.24, 2.45) is 5.84 Å². The minimum Gasteiger partial charge on any atom is -0.497 e. The first-order valence-electron chi connectivity index (χ1n) is 7.95. The fourth-order valence-corrected chi connectivity index (χ4v) is 3.06. The fourth-order valence-electron chi connectivity index (χ4n) is 3.06. The highest BCUT2D eigenvalue weighted by atomic mass is 19.1. The molecule has 1 heterocycles. The van der Waals surface area contributed by atoms with Crippen LogP contribution >= 0.6 is 0 Å². The molecule has 0 spiro atoms. The third-order valence-corrected chi connectivity index (χ3v) is 4.37. The monoisotopic (exact) mass is 400 g/mol. The van der Waals surface area contributed by atoms with Crippen LogP contribution in [0.4, 0.5) is 13.6 Å². The van der Waals surface area contributed by atoms with Crippen molar-refractivity contribution in [1.82, 2.24) is 15.2 Å². The van der Waals surface area contributed by atoms with Crippen LogP contribution in [-0.2, 0) is 14.4 Å². The Kier molecular flexibility index (Phi) is 6.13. The molecule has 1 aliphatic heterocycles. The third-order valence-electron chi connectivity index (χ3n) is 4.37. The van der Waals surface area contributed by atoms with Gasteiger partial charge in [-0.15, -0.1) is 0 Å². The lowest BCUT2D eigenvalue weighted by molar-refractivity contribution is -0.147. The van der Waals surface area contributed by atoms with Gasteiger partial charge in [-0.1, -0.05) is 0 Å². The Hall–Kier alpha value is -3.28. The number of hydrogen-bond acceptors (Lipinski definition) is 6. The molecule has 1 aromatic carbocycles. The van der Waals surface area contributed by atoms with E-state index in [0.29, 0.717) is 5.01 Å². The summed E-state index contributed by atoms with van der Waals surface area (Å²) in [6.45, 7) is 0.582. The van der Waals surface area contributed by atoms with E-state index >= 15 is 0 Å². The van der Waals surface area contributed by atoms with Gasteiger partial charge in [-0.05, 0) is 0 Å². The van der Waals surface area contributed by atoms with E-state index in [1.165, 1.54) is 7.11 Å². The van der Waals surface area contributed by atoms with E-state index in [4.69, 9.17) is 15.7 Å². The number of nitrogens with one attached hydrogen (secondary N) is 1. The Morgan fingerprint density at radius 3 is 2.43 bits per heavy atom.